The lowest BCUT2D eigenvalue weighted by molar-refractivity contribution is -0.125. The van der Waals surface area contributed by atoms with Crippen molar-refractivity contribution in [3.05, 3.63) is 29.8 Å². The molecule has 5 nitrogen and oxygen atoms in total. The maximum Gasteiger partial charge on any atom is 0.247 e. The van der Waals surface area contributed by atoms with Gasteiger partial charge in [0.15, 0.2) is 0 Å². The lowest BCUT2D eigenvalue weighted by Gasteiger charge is -2.17. The Bertz CT molecular complexity index is 369. The third-order valence-corrected chi connectivity index (χ3v) is 2.40. The molecule has 1 rings (SSSR count). The maximum atomic E-state index is 12.7. The summed E-state index contributed by atoms with van der Waals surface area (Å²) in [5.41, 5.74) is 5.59. The highest BCUT2D eigenvalue weighted by Gasteiger charge is 2.15. The zero-order chi connectivity index (χ0) is 12.8. The SMILES string of the molecule is CCC(NCC(O)C(N)=O)c1ccc(F)cn1. The molecular weight excluding hydrogens is 225 g/mol. The number of nitrogens with two attached hydrogens (primary N) is 1. The number of halogens is 1. The van der Waals surface area contributed by atoms with Gasteiger partial charge in [0, 0.05) is 12.6 Å². The van der Waals surface area contributed by atoms with E-state index in [4.69, 9.17) is 5.73 Å². The lowest BCUT2D eigenvalue weighted by atomic mass is 10.1. The predicted octanol–water partition coefficient (Wildman–Crippen LogP) is 0.108. The number of hydrogen-bond donors (Lipinski definition) is 3. The van der Waals surface area contributed by atoms with E-state index in [1.165, 1.54) is 6.07 Å². The van der Waals surface area contributed by atoms with E-state index in [9.17, 15) is 14.3 Å². The van der Waals surface area contributed by atoms with Crippen LogP contribution in [-0.2, 0) is 4.79 Å². The smallest absolute Gasteiger partial charge is 0.247 e. The number of rotatable bonds is 6. The van der Waals surface area contributed by atoms with Crippen LogP contribution in [0.5, 0.6) is 0 Å². The summed E-state index contributed by atoms with van der Waals surface area (Å²) in [4.78, 5) is 14.6. The molecule has 0 aliphatic carbocycles. The highest BCUT2D eigenvalue weighted by Crippen LogP contribution is 2.13. The minimum absolute atomic E-state index is 0.0485. The fourth-order valence-corrected chi connectivity index (χ4v) is 1.41. The number of amides is 1. The second kappa shape index (κ2) is 6.27. The van der Waals surface area contributed by atoms with Gasteiger partial charge >= 0.3 is 0 Å². The highest BCUT2D eigenvalue weighted by atomic mass is 19.1. The summed E-state index contributed by atoms with van der Waals surface area (Å²) in [5.74, 6) is -1.18. The van der Waals surface area contributed by atoms with E-state index >= 15 is 0 Å². The van der Waals surface area contributed by atoms with Crippen molar-refractivity contribution >= 4 is 5.91 Å². The Morgan fingerprint density at radius 3 is 2.82 bits per heavy atom. The molecule has 0 aliphatic rings. The Morgan fingerprint density at radius 1 is 1.65 bits per heavy atom. The molecule has 2 unspecified atom stereocenters. The third kappa shape index (κ3) is 4.08. The molecule has 6 heteroatoms. The fraction of sp³-hybridized carbons (Fsp3) is 0.455. The van der Waals surface area contributed by atoms with Gasteiger partial charge in [-0.05, 0) is 18.6 Å². The molecule has 4 N–H and O–H groups in total. The predicted molar refractivity (Wildman–Crippen MR) is 60.4 cm³/mol. The van der Waals surface area contributed by atoms with E-state index < -0.39 is 17.8 Å². The van der Waals surface area contributed by atoms with Gasteiger partial charge < -0.3 is 16.2 Å². The summed E-state index contributed by atoms with van der Waals surface area (Å²) >= 11 is 0. The van der Waals surface area contributed by atoms with Crippen LogP contribution in [0.4, 0.5) is 4.39 Å². The van der Waals surface area contributed by atoms with Crippen molar-refractivity contribution in [1.82, 2.24) is 10.3 Å². The number of aliphatic hydroxyl groups excluding tert-OH is 1. The number of carbonyl (C=O) groups is 1. The van der Waals surface area contributed by atoms with Gasteiger partial charge in [0.25, 0.3) is 0 Å². The van der Waals surface area contributed by atoms with Crippen LogP contribution in [0.2, 0.25) is 0 Å². The molecule has 1 amide bonds. The summed E-state index contributed by atoms with van der Waals surface area (Å²) in [6.07, 6.45) is 0.596. The van der Waals surface area contributed by atoms with Crippen LogP contribution < -0.4 is 11.1 Å². The number of aromatic nitrogens is 1. The summed E-state index contributed by atoms with van der Waals surface area (Å²) in [5, 5.41) is 12.2. The Hall–Kier alpha value is -1.53. The number of nitrogens with zero attached hydrogens (tertiary/aromatic N) is 1. The van der Waals surface area contributed by atoms with Crippen molar-refractivity contribution in [2.24, 2.45) is 5.73 Å². The topological polar surface area (TPSA) is 88.2 Å². The van der Waals surface area contributed by atoms with E-state index in [0.717, 1.165) is 6.20 Å². The molecule has 0 radical (unpaired) electrons. The molecule has 0 bridgehead atoms. The molecule has 1 aromatic heterocycles. The highest BCUT2D eigenvalue weighted by molar-refractivity contribution is 5.78. The van der Waals surface area contributed by atoms with Crippen LogP contribution in [0.15, 0.2) is 18.3 Å². The Balaban J connectivity index is 2.60. The number of carbonyl (C=O) groups excluding carboxylic acids is 1. The van der Waals surface area contributed by atoms with Crippen LogP contribution in [0.25, 0.3) is 0 Å². The van der Waals surface area contributed by atoms with Crippen molar-refractivity contribution in [1.29, 1.82) is 0 Å². The molecule has 1 aromatic rings. The monoisotopic (exact) mass is 241 g/mol. The molecule has 1 heterocycles. The number of nitrogens with one attached hydrogen (secondary N) is 1. The minimum atomic E-state index is -1.23. The van der Waals surface area contributed by atoms with Gasteiger partial charge in [-0.25, -0.2) is 4.39 Å². The van der Waals surface area contributed by atoms with Crippen molar-refractivity contribution < 1.29 is 14.3 Å². The van der Waals surface area contributed by atoms with E-state index in [2.05, 4.69) is 10.3 Å². The Labute approximate surface area is 98.9 Å². The summed E-state index contributed by atoms with van der Waals surface area (Å²) < 4.78 is 12.7. The molecule has 0 spiro atoms. The average Bonchev–Trinajstić information content (AvgIpc) is 2.31. The molecule has 0 saturated carbocycles. The Kier molecular flexibility index (Phi) is 4.99. The van der Waals surface area contributed by atoms with Gasteiger partial charge in [0.2, 0.25) is 5.91 Å². The minimum Gasteiger partial charge on any atom is -0.382 e. The quantitative estimate of drug-likeness (QED) is 0.659. The number of pyridine rings is 1. The van der Waals surface area contributed by atoms with E-state index in [-0.39, 0.29) is 12.6 Å². The first-order valence-corrected chi connectivity index (χ1v) is 5.36. The zero-order valence-corrected chi connectivity index (χ0v) is 9.56. The molecule has 0 fully saturated rings. The van der Waals surface area contributed by atoms with E-state index in [1.54, 1.807) is 6.07 Å². The van der Waals surface area contributed by atoms with Gasteiger partial charge in [-0.15, -0.1) is 0 Å². The Morgan fingerprint density at radius 2 is 2.35 bits per heavy atom. The second-order valence-electron chi connectivity index (χ2n) is 3.69. The van der Waals surface area contributed by atoms with Crippen LogP contribution >= 0.6 is 0 Å². The van der Waals surface area contributed by atoms with Gasteiger partial charge in [-0.3, -0.25) is 9.78 Å². The molecule has 0 aromatic carbocycles. The second-order valence-corrected chi connectivity index (χ2v) is 3.69. The largest absolute Gasteiger partial charge is 0.382 e. The molecule has 17 heavy (non-hydrogen) atoms. The molecule has 0 saturated heterocycles. The van der Waals surface area contributed by atoms with Crippen molar-refractivity contribution in [3.8, 4) is 0 Å². The normalized spacial score (nSPS) is 14.3. The van der Waals surface area contributed by atoms with Gasteiger partial charge in [0.05, 0.1) is 11.9 Å². The standard InChI is InChI=1S/C11H16FN3O2/c1-2-8(15-6-10(16)11(13)17)9-4-3-7(12)5-14-9/h3-5,8,10,15-16H,2,6H2,1H3,(H2,13,17). The first kappa shape index (κ1) is 13.5. The van der Waals surface area contributed by atoms with Crippen molar-refractivity contribution in [2.45, 2.75) is 25.5 Å². The van der Waals surface area contributed by atoms with Gasteiger partial charge in [-0.2, -0.15) is 0 Å². The van der Waals surface area contributed by atoms with Crippen molar-refractivity contribution in [3.63, 3.8) is 0 Å². The molecule has 0 aliphatic heterocycles. The summed E-state index contributed by atoms with van der Waals surface area (Å²) in [6, 6.07) is 2.73. The third-order valence-electron chi connectivity index (χ3n) is 2.40. The molecule has 94 valence electrons. The van der Waals surface area contributed by atoms with Crippen LogP contribution in [0.3, 0.4) is 0 Å². The van der Waals surface area contributed by atoms with Crippen LogP contribution in [-0.4, -0.2) is 28.6 Å². The molecule has 2 atom stereocenters. The number of hydrogen-bond acceptors (Lipinski definition) is 4. The maximum absolute atomic E-state index is 12.7. The number of primary amides is 1. The van der Waals surface area contributed by atoms with E-state index in [1.807, 2.05) is 6.92 Å². The first-order valence-electron chi connectivity index (χ1n) is 5.36. The molecular formula is C11H16FN3O2. The fourth-order valence-electron chi connectivity index (χ4n) is 1.41. The average molecular weight is 241 g/mol. The van der Waals surface area contributed by atoms with Crippen LogP contribution in [0, 0.1) is 5.82 Å². The summed E-state index contributed by atoms with van der Waals surface area (Å²) in [7, 11) is 0. The van der Waals surface area contributed by atoms with Gasteiger partial charge in [0.1, 0.15) is 11.9 Å². The first-order chi connectivity index (χ1) is 8.04. The van der Waals surface area contributed by atoms with Crippen molar-refractivity contribution in [2.75, 3.05) is 6.54 Å². The lowest BCUT2D eigenvalue weighted by Crippen LogP contribution is -2.39. The summed E-state index contributed by atoms with van der Waals surface area (Å²) in [6.45, 7) is 1.96. The van der Waals surface area contributed by atoms with E-state index in [0.29, 0.717) is 12.1 Å². The van der Waals surface area contributed by atoms with Crippen LogP contribution in [0.1, 0.15) is 25.1 Å². The zero-order valence-electron chi connectivity index (χ0n) is 9.56. The van der Waals surface area contributed by atoms with Gasteiger partial charge in [-0.1, -0.05) is 6.92 Å². The number of aliphatic hydroxyl groups is 1.